The summed E-state index contributed by atoms with van der Waals surface area (Å²) < 4.78 is 34.7. The summed E-state index contributed by atoms with van der Waals surface area (Å²) >= 11 is 0. The van der Waals surface area contributed by atoms with E-state index in [1.165, 1.54) is 0 Å². The van der Waals surface area contributed by atoms with Crippen molar-refractivity contribution in [3.63, 3.8) is 0 Å². The van der Waals surface area contributed by atoms with Gasteiger partial charge < -0.3 is 39.0 Å². The van der Waals surface area contributed by atoms with Crippen LogP contribution in [0, 0.1) is 41.4 Å². The third kappa shape index (κ3) is 9.74. The number of aliphatic carboxylic acids is 1. The molecule has 2 unspecified atom stereocenters. The first-order valence-electron chi connectivity index (χ1n) is 23.5. The number of carboxylic acids is 1. The number of hydrogen-bond acceptors (Lipinski definition) is 11. The number of rotatable bonds is 16. The fraction of sp³-hybridized carbons (Fsp3) is 0.796. The predicted molar refractivity (Wildman–Crippen MR) is 231 cm³/mol. The molecule has 1 aromatic carbocycles. The maximum Gasteiger partial charge on any atom is 0.309 e. The van der Waals surface area contributed by atoms with Gasteiger partial charge in [0, 0.05) is 30.1 Å². The molecule has 5 aliphatic rings. The highest BCUT2D eigenvalue weighted by Gasteiger charge is 2.63. The Bertz CT molecular complexity index is 1660. The highest BCUT2D eigenvalue weighted by Crippen LogP contribution is 2.54. The summed E-state index contributed by atoms with van der Waals surface area (Å²) in [6, 6.07) is 9.45. The van der Waals surface area contributed by atoms with Gasteiger partial charge in [0.25, 0.3) is 0 Å². The minimum atomic E-state index is -1.22. The summed E-state index contributed by atoms with van der Waals surface area (Å²) in [5.74, 6) is -5.56. The molecule has 0 radical (unpaired) electrons. The van der Waals surface area contributed by atoms with Gasteiger partial charge in [0.15, 0.2) is 11.6 Å². The molecule has 2 spiro atoms. The summed E-state index contributed by atoms with van der Waals surface area (Å²) in [5, 5.41) is 33.0. The molecule has 0 saturated carbocycles. The minimum absolute atomic E-state index is 0.0166. The van der Waals surface area contributed by atoms with E-state index in [1.807, 2.05) is 77.1 Å². The van der Waals surface area contributed by atoms with Crippen LogP contribution in [0.2, 0.25) is 0 Å². The van der Waals surface area contributed by atoms with E-state index in [9.17, 15) is 24.9 Å². The Hall–Kier alpha value is -2.26. The maximum absolute atomic E-state index is 14.7. The molecule has 18 atom stereocenters. The molecule has 61 heavy (non-hydrogen) atoms. The van der Waals surface area contributed by atoms with Crippen LogP contribution in [0.5, 0.6) is 0 Å². The van der Waals surface area contributed by atoms with Crippen LogP contribution >= 0.6 is 0 Å². The lowest BCUT2D eigenvalue weighted by Crippen LogP contribution is -2.65. The van der Waals surface area contributed by atoms with Gasteiger partial charge in [-0.1, -0.05) is 91.8 Å². The molecule has 344 valence electrons. The van der Waals surface area contributed by atoms with E-state index in [2.05, 4.69) is 33.2 Å². The zero-order valence-corrected chi connectivity index (χ0v) is 38.5. The molecule has 4 saturated heterocycles. The maximum atomic E-state index is 14.7. The number of hydrogen-bond donors (Lipinski definition) is 4. The smallest absolute Gasteiger partial charge is 0.309 e. The molecule has 12 heteroatoms. The summed E-state index contributed by atoms with van der Waals surface area (Å²) in [6.07, 6.45) is 7.29. The quantitative estimate of drug-likeness (QED) is 0.0941. The summed E-state index contributed by atoms with van der Waals surface area (Å²) in [6.45, 7) is 20.3. The van der Waals surface area contributed by atoms with Crippen molar-refractivity contribution in [2.45, 2.75) is 205 Å². The predicted octanol–water partition coefficient (Wildman–Crippen LogP) is 7.92. The van der Waals surface area contributed by atoms with E-state index in [0.717, 1.165) is 18.4 Å². The lowest BCUT2D eigenvalue weighted by molar-refractivity contribution is -0.402. The Morgan fingerprint density at radius 2 is 1.61 bits per heavy atom. The molecule has 0 aliphatic carbocycles. The van der Waals surface area contributed by atoms with Crippen molar-refractivity contribution >= 4 is 11.8 Å². The van der Waals surface area contributed by atoms with Crippen LogP contribution in [0.3, 0.4) is 0 Å². The molecular weight excluding hydrogens is 779 g/mol. The van der Waals surface area contributed by atoms with E-state index < -0.39 is 76.8 Å². The Morgan fingerprint density at radius 1 is 0.902 bits per heavy atom. The number of aliphatic hydroxyl groups is 2. The number of hydroxylamine groups is 1. The third-order valence-electron chi connectivity index (χ3n) is 15.8. The Kier molecular flexibility index (Phi) is 15.4. The monoisotopic (exact) mass is 856 g/mol. The van der Waals surface area contributed by atoms with Gasteiger partial charge in [-0.25, -0.2) is 0 Å². The van der Waals surface area contributed by atoms with E-state index in [-0.39, 0.29) is 41.8 Å². The minimum Gasteiger partial charge on any atom is -0.481 e. The van der Waals surface area contributed by atoms with Crippen molar-refractivity contribution < 1.29 is 53.4 Å². The first-order chi connectivity index (χ1) is 28.9. The Labute approximate surface area is 364 Å². The average molecular weight is 856 g/mol. The Morgan fingerprint density at radius 3 is 2.25 bits per heavy atom. The van der Waals surface area contributed by atoms with Gasteiger partial charge in [-0.2, -0.15) is 5.48 Å². The van der Waals surface area contributed by atoms with Crippen molar-refractivity contribution in [1.82, 2.24) is 5.48 Å². The van der Waals surface area contributed by atoms with E-state index in [4.69, 9.17) is 28.5 Å². The normalized spacial score (nSPS) is 41.6. The lowest BCUT2D eigenvalue weighted by atomic mass is 9.72. The van der Waals surface area contributed by atoms with E-state index >= 15 is 0 Å². The number of ether oxygens (including phenoxy) is 5. The van der Waals surface area contributed by atoms with Crippen LogP contribution in [0.1, 0.15) is 139 Å². The van der Waals surface area contributed by atoms with Crippen molar-refractivity contribution in [3.8, 4) is 0 Å². The molecule has 4 N–H and O–H groups in total. The second kappa shape index (κ2) is 19.5. The van der Waals surface area contributed by atoms with Gasteiger partial charge >= 0.3 is 5.97 Å². The summed E-state index contributed by atoms with van der Waals surface area (Å²) in [5.41, 5.74) is 2.68. The number of ketones is 1. The average Bonchev–Trinajstić information content (AvgIpc) is 3.58. The number of Topliss-reactive ketones (excluding diaryl/α,β-unsaturated/α-hetero) is 1. The third-order valence-corrected chi connectivity index (χ3v) is 15.8. The first-order valence-corrected chi connectivity index (χ1v) is 23.5. The first kappa shape index (κ1) is 48.2. The zero-order chi connectivity index (χ0) is 44.5. The number of nitrogens with one attached hydrogen (secondary N) is 1. The van der Waals surface area contributed by atoms with Gasteiger partial charge in [0.05, 0.1) is 60.4 Å². The molecule has 5 heterocycles. The Balaban J connectivity index is 1.22. The van der Waals surface area contributed by atoms with Gasteiger partial charge in [-0.15, -0.1) is 0 Å². The highest BCUT2D eigenvalue weighted by atomic mass is 16.8. The van der Waals surface area contributed by atoms with Gasteiger partial charge in [0.2, 0.25) is 0 Å². The van der Waals surface area contributed by atoms with Crippen molar-refractivity contribution in [1.29, 1.82) is 0 Å². The van der Waals surface area contributed by atoms with Crippen molar-refractivity contribution in [2.75, 3.05) is 0 Å². The van der Waals surface area contributed by atoms with Crippen LogP contribution in [0.25, 0.3) is 0 Å². The lowest BCUT2D eigenvalue weighted by Gasteiger charge is -2.55. The molecule has 4 fully saturated rings. The van der Waals surface area contributed by atoms with Crippen LogP contribution < -0.4 is 5.48 Å². The fourth-order valence-corrected chi connectivity index (χ4v) is 11.4. The molecule has 6 rings (SSSR count). The molecule has 0 aromatic heterocycles. The molecule has 1 aromatic rings. The zero-order valence-electron chi connectivity index (χ0n) is 38.5. The fourth-order valence-electron chi connectivity index (χ4n) is 11.4. The van der Waals surface area contributed by atoms with Gasteiger partial charge in [-0.05, 0) is 95.1 Å². The van der Waals surface area contributed by atoms with Crippen LogP contribution in [0.4, 0.5) is 0 Å². The second-order valence-electron chi connectivity index (χ2n) is 19.8. The topological polar surface area (TPSA) is 162 Å². The number of carboxylic acid groups (broad SMARTS) is 1. The number of carbonyl (C=O) groups is 2. The standard InChI is InChI=1S/C49H77NO11/c1-11-36(45(53)54)38-20-19-29(4)43(58-38)33(8)41(51)32(7)42(52)37(12-2)44-30(5)27-31(6)48(59-44)24-21-39(50-56-28-35-17-15-14-16-18-35)49(61-48)26-25-46(10,60-49)40-22-23-47(55,13-3)34(9)57-40/h14-18,21,24,29-34,36-41,43-44,50-51,55H,11-13,19-20,22-23,25-28H2,1-10H3,(H,53,54)/t29-,30-,31+,32-,33-,34-,36+,37-,38+,39?,40+,41+,43+,44-,46-,47+,48?,49-/m0/s1. The second-order valence-corrected chi connectivity index (χ2v) is 19.8. The van der Waals surface area contributed by atoms with Crippen molar-refractivity contribution in [2.24, 2.45) is 41.4 Å². The summed E-state index contributed by atoms with van der Waals surface area (Å²) in [7, 11) is 0. The van der Waals surface area contributed by atoms with E-state index in [1.54, 1.807) is 6.92 Å². The number of carbonyl (C=O) groups excluding carboxylic acids is 1. The number of aliphatic hydroxyl groups excluding tert-OH is 1. The van der Waals surface area contributed by atoms with Gasteiger partial charge in [0.1, 0.15) is 11.8 Å². The molecule has 0 amide bonds. The molecular formula is C49H77NO11. The SMILES string of the molecule is CC[C@@H](C(=O)[C@@H](C)[C@@H](O)[C@H](C)[C@@H]1O[C@@H]([C@@H](CC)C(=O)O)CC[C@@H]1C)[C@H]1OC2(C=CC(NOCc3ccccc3)[C@]3(CC[C@@](C)([C@H]4CC[C@](O)(CC)[C@H](C)O4)O3)O2)[C@H](C)C[C@@H]1C. The number of benzene rings is 1. The van der Waals surface area contributed by atoms with Crippen molar-refractivity contribution in [3.05, 3.63) is 48.0 Å². The molecule has 0 bridgehead atoms. The highest BCUT2D eigenvalue weighted by molar-refractivity contribution is 5.84. The van der Waals surface area contributed by atoms with Gasteiger partial charge in [-0.3, -0.25) is 14.4 Å². The summed E-state index contributed by atoms with van der Waals surface area (Å²) in [4.78, 5) is 32.8. The van der Waals surface area contributed by atoms with Crippen LogP contribution in [-0.2, 0) is 44.7 Å². The van der Waals surface area contributed by atoms with E-state index in [0.29, 0.717) is 58.0 Å². The molecule has 5 aliphatic heterocycles. The molecule has 12 nitrogen and oxygen atoms in total. The van der Waals surface area contributed by atoms with Crippen LogP contribution in [0.15, 0.2) is 42.5 Å². The van der Waals surface area contributed by atoms with Crippen LogP contribution in [-0.4, -0.2) is 92.5 Å². The largest absolute Gasteiger partial charge is 0.481 e.